The Kier molecular flexibility index (Phi) is 4.15. The fourth-order valence-electron chi connectivity index (χ4n) is 1.93. The maximum atomic E-state index is 11.7. The highest BCUT2D eigenvalue weighted by Crippen LogP contribution is 2.16. The van der Waals surface area contributed by atoms with Crippen molar-refractivity contribution in [3.63, 3.8) is 0 Å². The third kappa shape index (κ3) is 3.80. The number of aliphatic hydroxyl groups excluding tert-OH is 1. The smallest absolute Gasteiger partial charge is 0.238 e. The van der Waals surface area contributed by atoms with Gasteiger partial charge in [0.2, 0.25) is 5.91 Å². The first kappa shape index (κ1) is 12.5. The summed E-state index contributed by atoms with van der Waals surface area (Å²) in [6, 6.07) is 7.49. The molecular weight excluding hydrogens is 284 g/mol. The molecule has 17 heavy (non-hydrogen) atoms. The van der Waals surface area contributed by atoms with Crippen molar-refractivity contribution in [3.05, 3.63) is 28.7 Å². The first-order valence-electron chi connectivity index (χ1n) is 5.59. The largest absolute Gasteiger partial charge is 0.392 e. The van der Waals surface area contributed by atoms with Crippen LogP contribution in [0.3, 0.4) is 0 Å². The van der Waals surface area contributed by atoms with Crippen LogP contribution in [0.1, 0.15) is 6.42 Å². The Bertz CT molecular complexity index is 411. The summed E-state index contributed by atoms with van der Waals surface area (Å²) in [6.07, 6.45) is 0.470. The van der Waals surface area contributed by atoms with E-state index in [-0.39, 0.29) is 12.0 Å². The molecule has 5 heteroatoms. The molecule has 2 N–H and O–H groups in total. The van der Waals surface area contributed by atoms with Crippen molar-refractivity contribution in [2.75, 3.05) is 25.0 Å². The molecule has 1 fully saturated rings. The summed E-state index contributed by atoms with van der Waals surface area (Å²) in [5, 5.41) is 12.2. The number of nitrogens with one attached hydrogen (secondary N) is 1. The topological polar surface area (TPSA) is 52.6 Å². The van der Waals surface area contributed by atoms with E-state index in [0.717, 1.165) is 23.1 Å². The van der Waals surface area contributed by atoms with Crippen molar-refractivity contribution in [2.24, 2.45) is 0 Å². The van der Waals surface area contributed by atoms with Crippen molar-refractivity contribution < 1.29 is 9.90 Å². The lowest BCUT2D eigenvalue weighted by Gasteiger charge is -2.14. The van der Waals surface area contributed by atoms with Crippen LogP contribution in [0.2, 0.25) is 0 Å². The predicted molar refractivity (Wildman–Crippen MR) is 69.8 cm³/mol. The van der Waals surface area contributed by atoms with Gasteiger partial charge in [-0.15, -0.1) is 0 Å². The number of hydrogen-bond donors (Lipinski definition) is 2. The van der Waals surface area contributed by atoms with E-state index in [0.29, 0.717) is 13.1 Å². The van der Waals surface area contributed by atoms with Crippen LogP contribution in [0.4, 0.5) is 5.69 Å². The summed E-state index contributed by atoms with van der Waals surface area (Å²) in [5.41, 5.74) is 0.782. The first-order chi connectivity index (χ1) is 8.13. The Morgan fingerprint density at radius 1 is 1.59 bits per heavy atom. The molecule has 1 amide bonds. The second-order valence-electron chi connectivity index (χ2n) is 4.24. The lowest BCUT2D eigenvalue weighted by atomic mass is 10.3. The van der Waals surface area contributed by atoms with Crippen LogP contribution in [0, 0.1) is 0 Å². The van der Waals surface area contributed by atoms with Crippen molar-refractivity contribution in [1.82, 2.24) is 4.90 Å². The van der Waals surface area contributed by atoms with Crippen LogP contribution in [0.15, 0.2) is 28.7 Å². The summed E-state index contributed by atoms with van der Waals surface area (Å²) in [7, 11) is 0. The monoisotopic (exact) mass is 298 g/mol. The molecule has 0 bridgehead atoms. The molecule has 4 nitrogen and oxygen atoms in total. The summed E-state index contributed by atoms with van der Waals surface area (Å²) in [4.78, 5) is 13.7. The van der Waals surface area contributed by atoms with Crippen LogP contribution in [0.25, 0.3) is 0 Å². The number of hydrogen-bond acceptors (Lipinski definition) is 3. The van der Waals surface area contributed by atoms with Gasteiger partial charge in [0.15, 0.2) is 0 Å². The number of nitrogens with zero attached hydrogens (tertiary/aromatic N) is 1. The fourth-order valence-corrected chi connectivity index (χ4v) is 2.32. The van der Waals surface area contributed by atoms with Crippen LogP contribution in [-0.2, 0) is 4.79 Å². The number of likely N-dealkylation sites (tertiary alicyclic amines) is 1. The second kappa shape index (κ2) is 5.62. The van der Waals surface area contributed by atoms with Gasteiger partial charge in [-0.2, -0.15) is 0 Å². The zero-order valence-electron chi connectivity index (χ0n) is 9.40. The van der Waals surface area contributed by atoms with E-state index in [2.05, 4.69) is 21.2 Å². The van der Waals surface area contributed by atoms with E-state index < -0.39 is 0 Å². The van der Waals surface area contributed by atoms with E-state index in [1.165, 1.54) is 0 Å². The number of rotatable bonds is 3. The van der Waals surface area contributed by atoms with Crippen molar-refractivity contribution in [2.45, 2.75) is 12.5 Å². The number of aliphatic hydroxyl groups is 1. The summed E-state index contributed by atoms with van der Waals surface area (Å²) < 4.78 is 0.937. The summed E-state index contributed by atoms with van der Waals surface area (Å²) in [5.74, 6) is -0.0443. The number of amides is 1. The van der Waals surface area contributed by atoms with Gasteiger partial charge in [0.05, 0.1) is 12.6 Å². The van der Waals surface area contributed by atoms with Crippen LogP contribution in [-0.4, -0.2) is 41.7 Å². The average Bonchev–Trinajstić information content (AvgIpc) is 2.63. The summed E-state index contributed by atoms with van der Waals surface area (Å²) in [6.45, 7) is 1.71. The minimum Gasteiger partial charge on any atom is -0.392 e. The zero-order valence-corrected chi connectivity index (χ0v) is 11.0. The molecule has 1 unspecified atom stereocenters. The van der Waals surface area contributed by atoms with Gasteiger partial charge in [-0.25, -0.2) is 0 Å². The lowest BCUT2D eigenvalue weighted by molar-refractivity contribution is -0.117. The van der Waals surface area contributed by atoms with Crippen molar-refractivity contribution in [3.8, 4) is 0 Å². The Morgan fingerprint density at radius 3 is 3.06 bits per heavy atom. The maximum absolute atomic E-state index is 11.7. The van der Waals surface area contributed by atoms with Gasteiger partial charge in [0.25, 0.3) is 0 Å². The average molecular weight is 299 g/mol. The van der Waals surface area contributed by atoms with Crippen LogP contribution in [0.5, 0.6) is 0 Å². The van der Waals surface area contributed by atoms with E-state index in [9.17, 15) is 9.90 Å². The highest BCUT2D eigenvalue weighted by molar-refractivity contribution is 9.10. The van der Waals surface area contributed by atoms with E-state index >= 15 is 0 Å². The highest BCUT2D eigenvalue weighted by Gasteiger charge is 2.21. The Balaban J connectivity index is 1.85. The SMILES string of the molecule is O=C(CN1CCC(O)C1)Nc1cccc(Br)c1. The molecule has 0 aliphatic carbocycles. The van der Waals surface area contributed by atoms with Crippen molar-refractivity contribution >= 4 is 27.5 Å². The Morgan fingerprint density at radius 2 is 2.41 bits per heavy atom. The molecule has 0 saturated carbocycles. The van der Waals surface area contributed by atoms with Gasteiger partial charge in [0, 0.05) is 23.2 Å². The Hall–Kier alpha value is -0.910. The number of benzene rings is 1. The van der Waals surface area contributed by atoms with Gasteiger partial charge in [0.1, 0.15) is 0 Å². The first-order valence-corrected chi connectivity index (χ1v) is 6.38. The number of β-amino-alcohol motifs (C(OH)–C–C–N with tert-alkyl or cyclic N) is 1. The predicted octanol–water partition coefficient (Wildman–Crippen LogP) is 1.45. The Labute approximate surface area is 109 Å². The zero-order chi connectivity index (χ0) is 12.3. The third-order valence-corrected chi connectivity index (χ3v) is 3.22. The molecule has 1 heterocycles. The third-order valence-electron chi connectivity index (χ3n) is 2.72. The number of anilines is 1. The van der Waals surface area contributed by atoms with E-state index in [4.69, 9.17) is 0 Å². The standard InChI is InChI=1S/C12H15BrN2O2/c13-9-2-1-3-10(6-9)14-12(17)8-15-5-4-11(16)7-15/h1-3,6,11,16H,4-5,7-8H2,(H,14,17). The molecule has 1 aromatic carbocycles. The molecule has 0 spiro atoms. The van der Waals surface area contributed by atoms with E-state index in [1.54, 1.807) is 0 Å². The number of carbonyl (C=O) groups excluding carboxylic acids is 1. The molecule has 1 aliphatic rings. The number of carbonyl (C=O) groups is 1. The molecule has 92 valence electrons. The van der Waals surface area contributed by atoms with Crippen LogP contribution >= 0.6 is 15.9 Å². The van der Waals surface area contributed by atoms with E-state index in [1.807, 2.05) is 29.2 Å². The maximum Gasteiger partial charge on any atom is 0.238 e. The molecule has 1 saturated heterocycles. The fraction of sp³-hybridized carbons (Fsp3) is 0.417. The molecule has 1 aromatic rings. The van der Waals surface area contributed by atoms with Crippen LogP contribution < -0.4 is 5.32 Å². The highest BCUT2D eigenvalue weighted by atomic mass is 79.9. The molecule has 0 radical (unpaired) electrons. The number of halogens is 1. The lowest BCUT2D eigenvalue weighted by Crippen LogP contribution is -2.32. The minimum atomic E-state index is -0.284. The molecular formula is C12H15BrN2O2. The molecule has 2 rings (SSSR count). The normalized spacial score (nSPS) is 20.5. The quantitative estimate of drug-likeness (QED) is 0.888. The molecule has 0 aromatic heterocycles. The van der Waals surface area contributed by atoms with Gasteiger partial charge >= 0.3 is 0 Å². The molecule has 1 atom stereocenters. The second-order valence-corrected chi connectivity index (χ2v) is 5.15. The van der Waals surface area contributed by atoms with Crippen molar-refractivity contribution in [1.29, 1.82) is 0 Å². The minimum absolute atomic E-state index is 0.0443. The van der Waals surface area contributed by atoms with Gasteiger partial charge in [-0.1, -0.05) is 22.0 Å². The van der Waals surface area contributed by atoms with Gasteiger partial charge in [-0.05, 0) is 24.6 Å². The summed E-state index contributed by atoms with van der Waals surface area (Å²) >= 11 is 3.35. The van der Waals surface area contributed by atoms with Gasteiger partial charge < -0.3 is 10.4 Å². The molecule has 1 aliphatic heterocycles. The van der Waals surface area contributed by atoms with Gasteiger partial charge in [-0.3, -0.25) is 9.69 Å².